The predicted octanol–water partition coefficient (Wildman–Crippen LogP) is 11.4. The Labute approximate surface area is 337 Å². The van der Waals surface area contributed by atoms with Gasteiger partial charge in [-0.2, -0.15) is 0 Å². The number of carbonyl (C=O) groups is 3. The Balaban J connectivity index is 4.46. The molecular weight excluding hydrogens is 695 g/mol. The Hall–Kier alpha value is -2.49. The van der Waals surface area contributed by atoms with E-state index in [2.05, 4.69) is 50.3 Å². The van der Waals surface area contributed by atoms with Crippen molar-refractivity contribution in [3.63, 3.8) is 0 Å². The summed E-state index contributed by atoms with van der Waals surface area (Å²) in [5, 5.41) is 9.62. The van der Waals surface area contributed by atoms with Crippen molar-refractivity contribution in [2.45, 2.75) is 193 Å². The smallest absolute Gasteiger partial charge is 0.361 e. The number of hydrogen-bond acceptors (Lipinski definition) is 7. The molecule has 0 bridgehead atoms. The number of carbonyl (C=O) groups excluding carboxylic acids is 2. The van der Waals surface area contributed by atoms with Crippen LogP contribution in [-0.2, 0) is 33.3 Å². The maximum atomic E-state index is 12.7. The van der Waals surface area contributed by atoms with E-state index in [0.717, 1.165) is 70.6 Å². The molecule has 0 aromatic rings. The molecule has 0 saturated carbocycles. The van der Waals surface area contributed by atoms with Gasteiger partial charge in [0.25, 0.3) is 6.29 Å². The molecule has 9 heteroatoms. The first-order valence-corrected chi connectivity index (χ1v) is 22.2. The van der Waals surface area contributed by atoms with E-state index in [1.54, 1.807) is 0 Å². The molecule has 1 N–H and O–H groups in total. The highest BCUT2D eigenvalue weighted by molar-refractivity contribution is 5.71. The first-order valence-electron chi connectivity index (χ1n) is 22.2. The normalized spacial score (nSPS) is 13.3. The number of allylic oxidation sites excluding steroid dienone is 6. The zero-order valence-corrected chi connectivity index (χ0v) is 36.1. The molecule has 0 aromatic heterocycles. The summed E-state index contributed by atoms with van der Waals surface area (Å²) < 4.78 is 22.7. The number of nitrogens with zero attached hydrogens (tertiary/aromatic N) is 1. The lowest BCUT2D eigenvalue weighted by Crippen LogP contribution is -2.40. The maximum Gasteiger partial charge on any atom is 0.361 e. The van der Waals surface area contributed by atoms with E-state index in [9.17, 15) is 19.5 Å². The third-order valence-corrected chi connectivity index (χ3v) is 9.37. The van der Waals surface area contributed by atoms with E-state index >= 15 is 0 Å². The van der Waals surface area contributed by atoms with E-state index in [4.69, 9.17) is 18.9 Å². The molecule has 0 saturated heterocycles. The van der Waals surface area contributed by atoms with Crippen molar-refractivity contribution in [1.82, 2.24) is 0 Å². The molecule has 55 heavy (non-hydrogen) atoms. The minimum atomic E-state index is -1.51. The topological polar surface area (TPSA) is 108 Å². The second-order valence-electron chi connectivity index (χ2n) is 16.0. The second-order valence-corrected chi connectivity index (χ2v) is 16.0. The molecule has 0 radical (unpaired) electrons. The highest BCUT2D eigenvalue weighted by Crippen LogP contribution is 2.13. The molecule has 0 spiro atoms. The van der Waals surface area contributed by atoms with Crippen LogP contribution in [0.15, 0.2) is 36.5 Å². The van der Waals surface area contributed by atoms with Crippen LogP contribution in [0.5, 0.6) is 0 Å². The molecule has 0 fully saturated rings. The van der Waals surface area contributed by atoms with Crippen LogP contribution in [0.2, 0.25) is 0 Å². The van der Waals surface area contributed by atoms with Crippen molar-refractivity contribution in [2.75, 3.05) is 47.5 Å². The fraction of sp³-hybridized carbons (Fsp3) is 0.804. The monoisotopic (exact) mass is 779 g/mol. The van der Waals surface area contributed by atoms with Crippen LogP contribution < -0.4 is 0 Å². The van der Waals surface area contributed by atoms with Gasteiger partial charge >= 0.3 is 17.9 Å². The fourth-order valence-electron chi connectivity index (χ4n) is 5.86. The van der Waals surface area contributed by atoms with Gasteiger partial charge in [-0.05, 0) is 70.6 Å². The number of rotatable bonds is 40. The molecule has 2 atom stereocenters. The quantitative estimate of drug-likeness (QED) is 0.0215. The lowest BCUT2D eigenvalue weighted by atomic mass is 10.1. The van der Waals surface area contributed by atoms with Gasteiger partial charge in [0.2, 0.25) is 0 Å². The average molecular weight is 779 g/mol. The molecule has 2 unspecified atom stereocenters. The van der Waals surface area contributed by atoms with Gasteiger partial charge in [0.1, 0.15) is 13.2 Å². The van der Waals surface area contributed by atoms with Crippen molar-refractivity contribution in [3.8, 4) is 0 Å². The number of esters is 2. The van der Waals surface area contributed by atoms with E-state index in [-0.39, 0.29) is 32.2 Å². The van der Waals surface area contributed by atoms with Gasteiger partial charge in [-0.1, -0.05) is 134 Å². The van der Waals surface area contributed by atoms with Gasteiger partial charge in [0.15, 0.2) is 6.10 Å². The minimum Gasteiger partial charge on any atom is -0.477 e. The number of unbranched alkanes of at least 4 members (excludes halogenated alkanes) is 19. The largest absolute Gasteiger partial charge is 0.477 e. The average Bonchev–Trinajstić information content (AvgIpc) is 3.14. The number of likely N-dealkylation sites (N-methyl/N-ethyl adjacent to an activating group) is 1. The minimum absolute atomic E-state index is 0.184. The molecule has 0 rings (SSSR count). The Morgan fingerprint density at radius 1 is 0.545 bits per heavy atom. The zero-order valence-electron chi connectivity index (χ0n) is 36.1. The number of hydrogen-bond donors (Lipinski definition) is 1. The molecule has 0 aliphatic carbocycles. The van der Waals surface area contributed by atoms with E-state index in [1.165, 1.54) is 77.0 Å². The second kappa shape index (κ2) is 38.4. The lowest BCUT2D eigenvalue weighted by Gasteiger charge is -2.25. The van der Waals surface area contributed by atoms with E-state index in [0.29, 0.717) is 23.9 Å². The molecule has 9 nitrogen and oxygen atoms in total. The fourth-order valence-corrected chi connectivity index (χ4v) is 5.86. The maximum absolute atomic E-state index is 12.7. The lowest BCUT2D eigenvalue weighted by molar-refractivity contribution is -0.870. The summed E-state index contributed by atoms with van der Waals surface area (Å²) in [6.45, 7) is 4.80. The van der Waals surface area contributed by atoms with Crippen LogP contribution in [-0.4, -0.2) is 87.4 Å². The van der Waals surface area contributed by atoms with Crippen LogP contribution in [0.1, 0.15) is 181 Å². The summed E-state index contributed by atoms with van der Waals surface area (Å²) in [4.78, 5) is 37.0. The van der Waals surface area contributed by atoms with Crippen LogP contribution in [0, 0.1) is 0 Å². The van der Waals surface area contributed by atoms with Crippen molar-refractivity contribution < 1.29 is 42.9 Å². The molecular formula is C46H84NO8+. The molecule has 0 heterocycles. The third kappa shape index (κ3) is 39.5. The first-order chi connectivity index (χ1) is 26.6. The third-order valence-electron chi connectivity index (χ3n) is 9.37. The van der Waals surface area contributed by atoms with Crippen LogP contribution in [0.25, 0.3) is 0 Å². The van der Waals surface area contributed by atoms with Gasteiger partial charge in [0.05, 0.1) is 34.4 Å². The SMILES string of the molecule is CCCCC/C=C\CCCCCCCC(=O)OCC(COC(OCC[N+](C)(C)C)C(=O)O)OC(=O)CCCCCCCCC/C=C\C/C=C\CCCCCC. The van der Waals surface area contributed by atoms with E-state index < -0.39 is 24.3 Å². The Bertz CT molecular complexity index is 1000. The van der Waals surface area contributed by atoms with Gasteiger partial charge in [0, 0.05) is 12.8 Å². The van der Waals surface area contributed by atoms with Crippen molar-refractivity contribution in [1.29, 1.82) is 0 Å². The highest BCUT2D eigenvalue weighted by Gasteiger charge is 2.25. The molecule has 0 amide bonds. The Morgan fingerprint density at radius 2 is 0.982 bits per heavy atom. The Morgan fingerprint density at radius 3 is 1.49 bits per heavy atom. The standard InChI is InChI=1S/C46H83NO8/c1-6-8-10-12-14-16-18-20-21-22-23-24-25-27-29-31-33-35-37-44(49)55-42(41-54-46(45(50)51)52-39-38-47(3,4)5)40-53-43(48)36-34-32-30-28-26-19-17-15-13-11-9-7-2/h15-18,21-22,42,46H,6-14,19-20,23-41H2,1-5H3/p+1/b17-15-,18-16-,22-21-. The van der Waals surface area contributed by atoms with Gasteiger partial charge in [-0.3, -0.25) is 9.59 Å². The molecule has 320 valence electrons. The van der Waals surface area contributed by atoms with Crippen LogP contribution in [0.3, 0.4) is 0 Å². The number of aliphatic carboxylic acids is 1. The first kappa shape index (κ1) is 52.5. The van der Waals surface area contributed by atoms with Crippen molar-refractivity contribution in [3.05, 3.63) is 36.5 Å². The predicted molar refractivity (Wildman–Crippen MR) is 226 cm³/mol. The van der Waals surface area contributed by atoms with Gasteiger partial charge in [-0.25, -0.2) is 4.79 Å². The summed E-state index contributed by atoms with van der Waals surface area (Å²) in [5.74, 6) is -2.03. The number of quaternary nitrogens is 1. The molecule has 0 aromatic carbocycles. The summed E-state index contributed by atoms with van der Waals surface area (Å²) >= 11 is 0. The number of ether oxygens (including phenoxy) is 4. The van der Waals surface area contributed by atoms with E-state index in [1.807, 2.05) is 21.1 Å². The summed E-state index contributed by atoms with van der Waals surface area (Å²) in [7, 11) is 5.94. The zero-order chi connectivity index (χ0) is 40.7. The summed E-state index contributed by atoms with van der Waals surface area (Å²) in [5.41, 5.74) is 0. The molecule has 0 aliphatic heterocycles. The van der Waals surface area contributed by atoms with Crippen molar-refractivity contribution >= 4 is 17.9 Å². The highest BCUT2D eigenvalue weighted by atomic mass is 16.7. The number of carboxylic acid groups (broad SMARTS) is 1. The summed E-state index contributed by atoms with van der Waals surface area (Å²) in [6.07, 6.45) is 39.1. The van der Waals surface area contributed by atoms with Crippen molar-refractivity contribution in [2.24, 2.45) is 0 Å². The van der Waals surface area contributed by atoms with Crippen LogP contribution in [0.4, 0.5) is 0 Å². The number of carboxylic acids is 1. The Kier molecular flexibility index (Phi) is 36.6. The van der Waals surface area contributed by atoms with Gasteiger partial charge in [-0.15, -0.1) is 0 Å². The molecule has 0 aliphatic rings. The van der Waals surface area contributed by atoms with Crippen LogP contribution >= 0.6 is 0 Å². The summed E-state index contributed by atoms with van der Waals surface area (Å²) in [6, 6.07) is 0. The van der Waals surface area contributed by atoms with Gasteiger partial charge < -0.3 is 28.5 Å².